The lowest BCUT2D eigenvalue weighted by Gasteiger charge is -2.34. The summed E-state index contributed by atoms with van der Waals surface area (Å²) in [5.41, 5.74) is 6.06. The predicted octanol–water partition coefficient (Wildman–Crippen LogP) is 2.72. The second-order valence-corrected chi connectivity index (χ2v) is 8.95. The number of nitrogens with zero attached hydrogens (tertiary/aromatic N) is 1. The number of nitrogens with two attached hydrogens (primary N) is 1. The Morgan fingerprint density at radius 3 is 2.48 bits per heavy atom. The molecule has 0 aromatic heterocycles. The van der Waals surface area contributed by atoms with E-state index in [1.807, 2.05) is 0 Å². The van der Waals surface area contributed by atoms with Crippen LogP contribution in [0.25, 0.3) is 0 Å². The van der Waals surface area contributed by atoms with E-state index in [9.17, 15) is 13.5 Å². The number of nitrogen functional groups attached to an aromatic ring is 1. The molecule has 5 nitrogen and oxygen atoms in total. The molecule has 0 heterocycles. The number of hydrogen-bond donors (Lipinski definition) is 2. The quantitative estimate of drug-likeness (QED) is 0.706. The topological polar surface area (TPSA) is 83.6 Å². The Labute approximate surface area is 141 Å². The van der Waals surface area contributed by atoms with Gasteiger partial charge in [-0.25, -0.2) is 8.42 Å². The van der Waals surface area contributed by atoms with E-state index in [2.05, 4.69) is 31.9 Å². The van der Waals surface area contributed by atoms with E-state index in [1.165, 1.54) is 11.4 Å². The molecule has 3 N–H and O–H groups in total. The van der Waals surface area contributed by atoms with Gasteiger partial charge in [-0.15, -0.1) is 0 Å². The standard InChI is InChI=1S/C13H18Br2N2O3S/c1-17(11-4-2-3-5-12(11)18)21(19,20)13-9(15)6-8(14)7-10(13)16/h6-7,11-12,18H,2-5,16H2,1H3. The van der Waals surface area contributed by atoms with Gasteiger partial charge in [0.25, 0.3) is 0 Å². The third-order valence-electron chi connectivity index (χ3n) is 3.84. The molecule has 1 aromatic rings. The average Bonchev–Trinajstić information content (AvgIpc) is 2.36. The highest BCUT2D eigenvalue weighted by molar-refractivity contribution is 9.11. The van der Waals surface area contributed by atoms with Gasteiger partial charge in [-0.05, 0) is 40.9 Å². The van der Waals surface area contributed by atoms with Crippen molar-refractivity contribution in [2.24, 2.45) is 0 Å². The fourth-order valence-electron chi connectivity index (χ4n) is 2.69. The molecule has 2 atom stereocenters. The first-order chi connectivity index (χ1) is 9.75. The largest absolute Gasteiger partial charge is 0.398 e. The zero-order valence-electron chi connectivity index (χ0n) is 11.6. The van der Waals surface area contributed by atoms with Crippen molar-refractivity contribution in [3.8, 4) is 0 Å². The van der Waals surface area contributed by atoms with E-state index in [1.54, 1.807) is 12.1 Å². The van der Waals surface area contributed by atoms with Gasteiger partial charge in [0.2, 0.25) is 10.0 Å². The number of rotatable bonds is 3. The zero-order chi connectivity index (χ0) is 15.8. The van der Waals surface area contributed by atoms with Crippen LogP contribution in [0.15, 0.2) is 26.0 Å². The highest BCUT2D eigenvalue weighted by atomic mass is 79.9. The maximum Gasteiger partial charge on any atom is 0.246 e. The van der Waals surface area contributed by atoms with E-state index in [-0.39, 0.29) is 10.6 Å². The number of sulfonamides is 1. The van der Waals surface area contributed by atoms with Crippen LogP contribution in [0.3, 0.4) is 0 Å². The van der Waals surface area contributed by atoms with Crippen molar-refractivity contribution in [1.29, 1.82) is 0 Å². The summed E-state index contributed by atoms with van der Waals surface area (Å²) in [7, 11) is -2.27. The van der Waals surface area contributed by atoms with Crippen molar-refractivity contribution < 1.29 is 13.5 Å². The molecule has 8 heteroatoms. The second kappa shape index (κ2) is 6.54. The first kappa shape index (κ1) is 17.2. The summed E-state index contributed by atoms with van der Waals surface area (Å²) in [5, 5.41) is 10.1. The van der Waals surface area contributed by atoms with Gasteiger partial charge >= 0.3 is 0 Å². The normalized spacial score (nSPS) is 23.5. The number of aliphatic hydroxyl groups excluding tert-OH is 1. The van der Waals surface area contributed by atoms with Gasteiger partial charge in [0.05, 0.1) is 17.8 Å². The average molecular weight is 442 g/mol. The molecule has 2 unspecified atom stereocenters. The van der Waals surface area contributed by atoms with E-state index < -0.39 is 22.2 Å². The van der Waals surface area contributed by atoms with E-state index in [4.69, 9.17) is 5.73 Å². The van der Waals surface area contributed by atoms with E-state index in [0.29, 0.717) is 21.8 Å². The monoisotopic (exact) mass is 440 g/mol. The molecule has 0 amide bonds. The molecule has 0 saturated heterocycles. The number of halogens is 2. The lowest BCUT2D eigenvalue weighted by Crippen LogP contribution is -2.46. The van der Waals surface area contributed by atoms with Crippen LogP contribution in [0.5, 0.6) is 0 Å². The number of anilines is 1. The summed E-state index contributed by atoms with van der Waals surface area (Å²) in [5.74, 6) is 0. The molecular formula is C13H18Br2N2O3S. The summed E-state index contributed by atoms with van der Waals surface area (Å²) in [6.45, 7) is 0. The van der Waals surface area contributed by atoms with Crippen molar-refractivity contribution >= 4 is 47.6 Å². The van der Waals surface area contributed by atoms with Crippen LogP contribution in [-0.2, 0) is 10.0 Å². The maximum atomic E-state index is 12.8. The first-order valence-electron chi connectivity index (χ1n) is 6.65. The Morgan fingerprint density at radius 2 is 1.90 bits per heavy atom. The van der Waals surface area contributed by atoms with Gasteiger partial charge in [-0.3, -0.25) is 0 Å². The lowest BCUT2D eigenvalue weighted by atomic mass is 9.93. The Balaban J connectivity index is 2.42. The molecule has 118 valence electrons. The van der Waals surface area contributed by atoms with Gasteiger partial charge in [-0.1, -0.05) is 28.8 Å². The number of aliphatic hydroxyl groups is 1. The fourth-order valence-corrected chi connectivity index (χ4v) is 6.11. The highest BCUT2D eigenvalue weighted by Crippen LogP contribution is 2.35. The van der Waals surface area contributed by atoms with Crippen LogP contribution in [0.1, 0.15) is 25.7 Å². The van der Waals surface area contributed by atoms with Crippen molar-refractivity contribution in [3.05, 3.63) is 21.1 Å². The third-order valence-corrected chi connectivity index (χ3v) is 7.18. The highest BCUT2D eigenvalue weighted by Gasteiger charge is 2.36. The molecule has 21 heavy (non-hydrogen) atoms. The van der Waals surface area contributed by atoms with Crippen LogP contribution in [0, 0.1) is 0 Å². The SMILES string of the molecule is CN(C1CCCCC1O)S(=O)(=O)c1c(N)cc(Br)cc1Br. The molecule has 0 radical (unpaired) electrons. The molecule has 1 saturated carbocycles. The molecule has 0 aliphatic heterocycles. The van der Waals surface area contributed by atoms with Gasteiger partial charge < -0.3 is 10.8 Å². The minimum Gasteiger partial charge on any atom is -0.398 e. The zero-order valence-corrected chi connectivity index (χ0v) is 15.6. The fraction of sp³-hybridized carbons (Fsp3) is 0.538. The van der Waals surface area contributed by atoms with E-state index >= 15 is 0 Å². The smallest absolute Gasteiger partial charge is 0.246 e. The first-order valence-corrected chi connectivity index (χ1v) is 9.68. The Bertz CT molecular complexity index is 613. The van der Waals surface area contributed by atoms with Crippen molar-refractivity contribution in [1.82, 2.24) is 4.31 Å². The minimum absolute atomic E-state index is 0.0472. The summed E-state index contributed by atoms with van der Waals surface area (Å²) in [6.07, 6.45) is 2.50. The van der Waals surface area contributed by atoms with Crippen molar-refractivity contribution in [2.45, 2.75) is 42.7 Å². The van der Waals surface area contributed by atoms with Gasteiger partial charge in [0, 0.05) is 16.0 Å². The minimum atomic E-state index is -3.77. The third kappa shape index (κ3) is 3.44. The molecule has 1 aliphatic rings. The Morgan fingerprint density at radius 1 is 1.29 bits per heavy atom. The maximum absolute atomic E-state index is 12.8. The lowest BCUT2D eigenvalue weighted by molar-refractivity contribution is 0.0638. The van der Waals surface area contributed by atoms with Crippen LogP contribution in [-0.4, -0.2) is 37.0 Å². The van der Waals surface area contributed by atoms with Gasteiger partial charge in [0.15, 0.2) is 0 Å². The predicted molar refractivity (Wildman–Crippen MR) is 89.5 cm³/mol. The summed E-state index contributed by atoms with van der Waals surface area (Å²) in [6, 6.07) is 2.80. The number of likely N-dealkylation sites (N-methyl/N-ethyl adjacent to an activating group) is 1. The Hall–Kier alpha value is -0.150. The van der Waals surface area contributed by atoms with Gasteiger partial charge in [-0.2, -0.15) is 4.31 Å². The Kier molecular flexibility index (Phi) is 5.36. The van der Waals surface area contributed by atoms with Crippen molar-refractivity contribution in [2.75, 3.05) is 12.8 Å². The van der Waals surface area contributed by atoms with E-state index in [0.717, 1.165) is 12.8 Å². The molecule has 2 rings (SSSR count). The van der Waals surface area contributed by atoms with Crippen LogP contribution >= 0.6 is 31.9 Å². The summed E-state index contributed by atoms with van der Waals surface area (Å²) in [4.78, 5) is 0.0472. The van der Waals surface area contributed by atoms with Crippen LogP contribution in [0.2, 0.25) is 0 Å². The number of hydrogen-bond acceptors (Lipinski definition) is 4. The molecule has 0 spiro atoms. The van der Waals surface area contributed by atoms with Crippen LogP contribution in [0.4, 0.5) is 5.69 Å². The van der Waals surface area contributed by atoms with Crippen molar-refractivity contribution in [3.63, 3.8) is 0 Å². The summed E-state index contributed by atoms with van der Waals surface area (Å²) < 4.78 is 28.0. The molecular weight excluding hydrogens is 424 g/mol. The molecule has 1 aliphatic carbocycles. The molecule has 1 fully saturated rings. The van der Waals surface area contributed by atoms with Crippen LogP contribution < -0.4 is 5.73 Å². The second-order valence-electron chi connectivity index (χ2n) is 5.25. The van der Waals surface area contributed by atoms with Gasteiger partial charge in [0.1, 0.15) is 4.90 Å². The molecule has 0 bridgehead atoms. The summed E-state index contributed by atoms with van der Waals surface area (Å²) >= 11 is 6.54. The molecule has 1 aromatic carbocycles. The number of benzene rings is 1.